The van der Waals surface area contributed by atoms with Crippen LogP contribution in [0.3, 0.4) is 0 Å². The molecule has 3 heteroatoms. The monoisotopic (exact) mass is 247 g/mol. The SMILES string of the molecule is CNC(c1coc2ccccc12)C(CO)C(C)C. The Hall–Kier alpha value is -1.32. The molecule has 0 radical (unpaired) electrons. The van der Waals surface area contributed by atoms with Gasteiger partial charge in [-0.05, 0) is 19.0 Å². The van der Waals surface area contributed by atoms with Gasteiger partial charge < -0.3 is 14.8 Å². The van der Waals surface area contributed by atoms with Gasteiger partial charge in [0, 0.05) is 29.5 Å². The molecule has 3 nitrogen and oxygen atoms in total. The first-order valence-corrected chi connectivity index (χ1v) is 6.43. The van der Waals surface area contributed by atoms with Crippen LogP contribution in [0.1, 0.15) is 25.5 Å². The molecular formula is C15H21NO2. The summed E-state index contributed by atoms with van der Waals surface area (Å²) in [6, 6.07) is 8.12. The molecule has 1 aromatic heterocycles. The lowest BCUT2D eigenvalue weighted by Gasteiger charge is -2.28. The van der Waals surface area contributed by atoms with Crippen molar-refractivity contribution in [3.8, 4) is 0 Å². The third-order valence-electron chi connectivity index (χ3n) is 3.65. The van der Waals surface area contributed by atoms with E-state index in [0.717, 1.165) is 16.5 Å². The molecule has 0 saturated heterocycles. The number of furan rings is 1. The Bertz CT molecular complexity index is 504. The van der Waals surface area contributed by atoms with Crippen LogP contribution in [0.5, 0.6) is 0 Å². The number of para-hydroxylation sites is 1. The lowest BCUT2D eigenvalue weighted by atomic mass is 9.85. The predicted molar refractivity (Wildman–Crippen MR) is 73.4 cm³/mol. The van der Waals surface area contributed by atoms with Crippen molar-refractivity contribution in [2.45, 2.75) is 19.9 Å². The molecule has 2 atom stereocenters. The van der Waals surface area contributed by atoms with E-state index in [2.05, 4.69) is 25.2 Å². The number of benzene rings is 1. The van der Waals surface area contributed by atoms with Gasteiger partial charge in [0.05, 0.1) is 6.26 Å². The zero-order chi connectivity index (χ0) is 13.1. The largest absolute Gasteiger partial charge is 0.464 e. The fourth-order valence-corrected chi connectivity index (χ4v) is 2.54. The second-order valence-electron chi connectivity index (χ2n) is 5.04. The molecule has 2 N–H and O–H groups in total. The summed E-state index contributed by atoms with van der Waals surface area (Å²) in [6.07, 6.45) is 1.80. The third-order valence-corrected chi connectivity index (χ3v) is 3.65. The molecule has 1 heterocycles. The minimum absolute atomic E-state index is 0.110. The molecule has 0 aliphatic carbocycles. The van der Waals surface area contributed by atoms with Crippen molar-refractivity contribution in [2.24, 2.45) is 11.8 Å². The van der Waals surface area contributed by atoms with Crippen LogP contribution in [0.2, 0.25) is 0 Å². The van der Waals surface area contributed by atoms with Crippen LogP contribution < -0.4 is 5.32 Å². The van der Waals surface area contributed by atoms with E-state index in [9.17, 15) is 5.11 Å². The maximum atomic E-state index is 9.60. The van der Waals surface area contributed by atoms with Gasteiger partial charge in [-0.1, -0.05) is 32.0 Å². The van der Waals surface area contributed by atoms with E-state index in [1.807, 2.05) is 25.2 Å². The van der Waals surface area contributed by atoms with Crippen LogP contribution in [0.4, 0.5) is 0 Å². The number of fused-ring (bicyclic) bond motifs is 1. The molecule has 0 bridgehead atoms. The highest BCUT2D eigenvalue weighted by Crippen LogP contribution is 2.33. The third kappa shape index (κ3) is 2.28. The molecule has 0 aliphatic rings. The number of hydrogen-bond acceptors (Lipinski definition) is 3. The van der Waals surface area contributed by atoms with Crippen molar-refractivity contribution in [1.82, 2.24) is 5.32 Å². The fourth-order valence-electron chi connectivity index (χ4n) is 2.54. The Morgan fingerprint density at radius 1 is 1.28 bits per heavy atom. The molecule has 0 amide bonds. The average Bonchev–Trinajstić information content (AvgIpc) is 2.79. The second-order valence-corrected chi connectivity index (χ2v) is 5.04. The van der Waals surface area contributed by atoms with Crippen LogP contribution in [-0.4, -0.2) is 18.8 Å². The van der Waals surface area contributed by atoms with Gasteiger partial charge in [-0.3, -0.25) is 0 Å². The molecule has 2 rings (SSSR count). The summed E-state index contributed by atoms with van der Waals surface area (Å²) < 4.78 is 5.58. The first kappa shape index (κ1) is 13.1. The van der Waals surface area contributed by atoms with Gasteiger partial charge in [-0.25, -0.2) is 0 Å². The highest BCUT2D eigenvalue weighted by Gasteiger charge is 2.26. The average molecular weight is 247 g/mol. The summed E-state index contributed by atoms with van der Waals surface area (Å²) >= 11 is 0. The first-order valence-electron chi connectivity index (χ1n) is 6.43. The summed E-state index contributed by atoms with van der Waals surface area (Å²) in [5, 5.41) is 14.0. The van der Waals surface area contributed by atoms with E-state index >= 15 is 0 Å². The number of aliphatic hydroxyl groups excluding tert-OH is 1. The van der Waals surface area contributed by atoms with Gasteiger partial charge in [0.25, 0.3) is 0 Å². The zero-order valence-electron chi connectivity index (χ0n) is 11.2. The summed E-state index contributed by atoms with van der Waals surface area (Å²) in [5.41, 5.74) is 2.02. The van der Waals surface area contributed by atoms with Gasteiger partial charge in [-0.2, -0.15) is 0 Å². The molecular weight excluding hydrogens is 226 g/mol. The van der Waals surface area contributed by atoms with Crippen LogP contribution in [0.25, 0.3) is 11.0 Å². The molecule has 98 valence electrons. The maximum Gasteiger partial charge on any atom is 0.134 e. The molecule has 0 saturated carbocycles. The van der Waals surface area contributed by atoms with E-state index in [0.29, 0.717) is 5.92 Å². The van der Waals surface area contributed by atoms with Gasteiger partial charge in [-0.15, -0.1) is 0 Å². The van der Waals surface area contributed by atoms with E-state index in [4.69, 9.17) is 4.42 Å². The summed E-state index contributed by atoms with van der Waals surface area (Å²) in [6.45, 7) is 4.43. The lowest BCUT2D eigenvalue weighted by molar-refractivity contribution is 0.154. The van der Waals surface area contributed by atoms with Crippen LogP contribution in [0, 0.1) is 11.8 Å². The Morgan fingerprint density at radius 3 is 2.61 bits per heavy atom. The van der Waals surface area contributed by atoms with Gasteiger partial charge in [0.1, 0.15) is 5.58 Å². The Labute approximate surface area is 108 Å². The molecule has 1 aromatic carbocycles. The number of aliphatic hydroxyl groups is 1. The van der Waals surface area contributed by atoms with E-state index in [-0.39, 0.29) is 18.6 Å². The second kappa shape index (κ2) is 5.55. The lowest BCUT2D eigenvalue weighted by Crippen LogP contribution is -2.31. The highest BCUT2D eigenvalue weighted by molar-refractivity contribution is 5.81. The van der Waals surface area contributed by atoms with Crippen molar-refractivity contribution in [3.63, 3.8) is 0 Å². The number of rotatable bonds is 5. The minimum atomic E-state index is 0.110. The molecule has 2 aromatic rings. The molecule has 2 unspecified atom stereocenters. The maximum absolute atomic E-state index is 9.60. The van der Waals surface area contributed by atoms with Crippen LogP contribution in [0.15, 0.2) is 34.9 Å². The van der Waals surface area contributed by atoms with Crippen molar-refractivity contribution >= 4 is 11.0 Å². The quantitative estimate of drug-likeness (QED) is 0.854. The van der Waals surface area contributed by atoms with Gasteiger partial charge >= 0.3 is 0 Å². The normalized spacial score (nSPS) is 15.2. The van der Waals surface area contributed by atoms with Gasteiger partial charge in [0.15, 0.2) is 0 Å². The van der Waals surface area contributed by atoms with E-state index in [1.165, 1.54) is 0 Å². The summed E-state index contributed by atoms with van der Waals surface area (Å²) in [4.78, 5) is 0. The first-order chi connectivity index (χ1) is 8.69. The predicted octanol–water partition coefficient (Wildman–Crippen LogP) is 2.96. The van der Waals surface area contributed by atoms with Crippen LogP contribution >= 0.6 is 0 Å². The van der Waals surface area contributed by atoms with Crippen LogP contribution in [-0.2, 0) is 0 Å². The minimum Gasteiger partial charge on any atom is -0.464 e. The number of hydrogen-bond donors (Lipinski definition) is 2. The highest BCUT2D eigenvalue weighted by atomic mass is 16.3. The topological polar surface area (TPSA) is 45.4 Å². The Morgan fingerprint density at radius 2 is 2.00 bits per heavy atom. The van der Waals surface area contributed by atoms with Crippen molar-refractivity contribution in [1.29, 1.82) is 0 Å². The van der Waals surface area contributed by atoms with Crippen molar-refractivity contribution < 1.29 is 9.52 Å². The smallest absolute Gasteiger partial charge is 0.134 e. The van der Waals surface area contributed by atoms with Crippen molar-refractivity contribution in [2.75, 3.05) is 13.7 Å². The van der Waals surface area contributed by atoms with Crippen molar-refractivity contribution in [3.05, 3.63) is 36.1 Å². The Balaban J connectivity index is 2.43. The molecule has 0 fully saturated rings. The molecule has 0 aliphatic heterocycles. The Kier molecular flexibility index (Phi) is 4.04. The standard InChI is InChI=1S/C15H21NO2/c1-10(2)12(8-17)15(16-3)13-9-18-14-7-5-4-6-11(13)14/h4-7,9-10,12,15-17H,8H2,1-3H3. The molecule has 0 spiro atoms. The summed E-state index contributed by atoms with van der Waals surface area (Å²) in [7, 11) is 1.93. The fraction of sp³-hybridized carbons (Fsp3) is 0.467. The van der Waals surface area contributed by atoms with Gasteiger partial charge in [0.2, 0.25) is 0 Å². The summed E-state index contributed by atoms with van der Waals surface area (Å²) in [5.74, 6) is 0.581. The number of nitrogens with one attached hydrogen (secondary N) is 1. The van der Waals surface area contributed by atoms with E-state index < -0.39 is 0 Å². The molecule has 18 heavy (non-hydrogen) atoms. The van der Waals surface area contributed by atoms with E-state index in [1.54, 1.807) is 6.26 Å². The zero-order valence-corrected chi connectivity index (χ0v) is 11.2.